The second-order valence-electron chi connectivity index (χ2n) is 6.69. The first-order valence-electron chi connectivity index (χ1n) is 9.32. The zero-order valence-corrected chi connectivity index (χ0v) is 17.4. The zero-order chi connectivity index (χ0) is 21.8. The number of methoxy groups -OCH3 is 1. The molecule has 0 N–H and O–H groups in total. The van der Waals surface area contributed by atoms with Crippen LogP contribution in [0, 0.1) is 0 Å². The smallest absolute Gasteiger partial charge is 0.334 e. The summed E-state index contributed by atoms with van der Waals surface area (Å²) in [5, 5.41) is 0.460. The normalized spacial score (nSPS) is 19.3. The lowest BCUT2D eigenvalue weighted by atomic mass is 10.1. The molecule has 2 fully saturated rings. The van der Waals surface area contributed by atoms with Crippen molar-refractivity contribution in [3.05, 3.63) is 47.0 Å². The standard InChI is InChI=1S/C20H21N3O6S/c1-13(14-7-4-3-5-8-14)23-19(27)18(26)22(20(23)28)10-6-9-21-15(24)12-30-16(21)11-17(25)29-2/h3-5,7-8,11,13H,6,9-10,12H2,1-2H3. The van der Waals surface area contributed by atoms with E-state index in [4.69, 9.17) is 0 Å². The Hall–Kier alpha value is -3.14. The van der Waals surface area contributed by atoms with Crippen LogP contribution in [0.5, 0.6) is 0 Å². The quantitative estimate of drug-likeness (QED) is 0.279. The monoisotopic (exact) mass is 431 g/mol. The number of benzene rings is 1. The molecule has 1 atom stereocenters. The van der Waals surface area contributed by atoms with Crippen LogP contribution >= 0.6 is 11.8 Å². The fourth-order valence-electron chi connectivity index (χ4n) is 3.26. The summed E-state index contributed by atoms with van der Waals surface area (Å²) in [7, 11) is 1.25. The van der Waals surface area contributed by atoms with E-state index in [0.717, 1.165) is 15.4 Å². The number of urea groups is 1. The molecule has 10 heteroatoms. The van der Waals surface area contributed by atoms with Gasteiger partial charge in [0.25, 0.3) is 0 Å². The average Bonchev–Trinajstić information content (AvgIpc) is 3.19. The van der Waals surface area contributed by atoms with Crippen molar-refractivity contribution in [1.82, 2.24) is 14.7 Å². The van der Waals surface area contributed by atoms with Gasteiger partial charge in [-0.3, -0.25) is 19.3 Å². The number of rotatable bonds is 7. The van der Waals surface area contributed by atoms with Crippen LogP contribution in [0.2, 0.25) is 0 Å². The summed E-state index contributed by atoms with van der Waals surface area (Å²) in [5.74, 6) is -2.29. The molecule has 0 spiro atoms. The van der Waals surface area contributed by atoms with Gasteiger partial charge in [0.1, 0.15) is 0 Å². The maximum atomic E-state index is 12.7. The molecule has 1 aromatic rings. The highest BCUT2D eigenvalue weighted by Crippen LogP contribution is 2.30. The van der Waals surface area contributed by atoms with Crippen molar-refractivity contribution >= 4 is 41.5 Å². The maximum absolute atomic E-state index is 12.7. The molecule has 0 bridgehead atoms. The third-order valence-electron chi connectivity index (χ3n) is 4.87. The summed E-state index contributed by atoms with van der Waals surface area (Å²) in [6.07, 6.45) is 1.50. The van der Waals surface area contributed by atoms with Gasteiger partial charge >= 0.3 is 23.8 Å². The second kappa shape index (κ2) is 9.12. The number of imide groups is 2. The first-order chi connectivity index (χ1) is 14.3. The number of ether oxygens (including phenoxy) is 1. The zero-order valence-electron chi connectivity index (χ0n) is 16.6. The molecule has 2 heterocycles. The van der Waals surface area contributed by atoms with E-state index in [1.54, 1.807) is 31.2 Å². The van der Waals surface area contributed by atoms with E-state index in [0.29, 0.717) is 5.03 Å². The Kier molecular flexibility index (Phi) is 6.56. The molecule has 2 aliphatic heterocycles. The minimum absolute atomic E-state index is 0.0125. The Bertz CT molecular complexity index is 916. The summed E-state index contributed by atoms with van der Waals surface area (Å²) in [5.41, 5.74) is 0.742. The van der Waals surface area contributed by atoms with Crippen molar-refractivity contribution in [2.24, 2.45) is 0 Å². The summed E-state index contributed by atoms with van der Waals surface area (Å²) in [6, 6.07) is 7.72. The molecular weight excluding hydrogens is 410 g/mol. The number of thioether (sulfide) groups is 1. The third kappa shape index (κ3) is 4.23. The number of carbonyl (C=O) groups is 5. The lowest BCUT2D eigenvalue weighted by Gasteiger charge is -2.23. The molecule has 1 unspecified atom stereocenters. The van der Waals surface area contributed by atoms with Crippen LogP contribution in [0.4, 0.5) is 4.79 Å². The molecule has 3 rings (SSSR count). The van der Waals surface area contributed by atoms with Crippen molar-refractivity contribution in [2.45, 2.75) is 19.4 Å². The number of hydrogen-bond acceptors (Lipinski definition) is 7. The molecule has 9 nitrogen and oxygen atoms in total. The number of nitrogens with zero attached hydrogens (tertiary/aromatic N) is 3. The molecule has 1 aromatic carbocycles. The Morgan fingerprint density at radius 2 is 1.77 bits per heavy atom. The van der Waals surface area contributed by atoms with Gasteiger partial charge in [-0.2, -0.15) is 0 Å². The summed E-state index contributed by atoms with van der Waals surface area (Å²) in [6.45, 7) is 1.88. The Morgan fingerprint density at radius 1 is 1.10 bits per heavy atom. The van der Waals surface area contributed by atoms with E-state index in [2.05, 4.69) is 4.74 Å². The minimum atomic E-state index is -0.879. The number of carbonyl (C=O) groups excluding carboxylic acids is 5. The third-order valence-corrected chi connectivity index (χ3v) is 5.90. The highest BCUT2D eigenvalue weighted by molar-refractivity contribution is 8.04. The van der Waals surface area contributed by atoms with Gasteiger partial charge in [-0.25, -0.2) is 14.5 Å². The molecule has 2 saturated heterocycles. The molecule has 158 valence electrons. The number of amides is 5. The molecule has 2 aliphatic rings. The van der Waals surface area contributed by atoms with Crippen LogP contribution in [-0.2, 0) is 23.9 Å². The SMILES string of the molecule is COC(=O)C=C1SCC(=O)N1CCCN1C(=O)C(=O)N(C(C)c2ccccc2)C1=O. The van der Waals surface area contributed by atoms with Crippen LogP contribution in [0.25, 0.3) is 0 Å². The average molecular weight is 431 g/mol. The summed E-state index contributed by atoms with van der Waals surface area (Å²) < 4.78 is 4.58. The lowest BCUT2D eigenvalue weighted by Crippen LogP contribution is -2.36. The molecule has 0 aliphatic carbocycles. The Morgan fingerprint density at radius 3 is 2.43 bits per heavy atom. The van der Waals surface area contributed by atoms with Crippen molar-refractivity contribution in [1.29, 1.82) is 0 Å². The van der Waals surface area contributed by atoms with E-state index >= 15 is 0 Å². The predicted molar refractivity (Wildman–Crippen MR) is 108 cm³/mol. The van der Waals surface area contributed by atoms with E-state index in [-0.39, 0.29) is 31.2 Å². The van der Waals surface area contributed by atoms with Gasteiger partial charge in [0.15, 0.2) is 0 Å². The Labute approximate surface area is 177 Å². The molecular formula is C20H21N3O6S. The minimum Gasteiger partial charge on any atom is -0.466 e. The number of esters is 1. The molecule has 30 heavy (non-hydrogen) atoms. The fourth-order valence-corrected chi connectivity index (χ4v) is 4.21. The van der Waals surface area contributed by atoms with Crippen molar-refractivity contribution in [2.75, 3.05) is 26.0 Å². The molecule has 5 amide bonds. The van der Waals surface area contributed by atoms with Crippen molar-refractivity contribution in [3.8, 4) is 0 Å². The predicted octanol–water partition coefficient (Wildman–Crippen LogP) is 1.52. The largest absolute Gasteiger partial charge is 0.466 e. The topological polar surface area (TPSA) is 104 Å². The number of hydrogen-bond donors (Lipinski definition) is 0. The van der Waals surface area contributed by atoms with Crippen LogP contribution in [0.15, 0.2) is 41.4 Å². The highest BCUT2D eigenvalue weighted by atomic mass is 32.2. The van der Waals surface area contributed by atoms with Gasteiger partial charge in [0.05, 0.1) is 30.0 Å². The molecule has 0 radical (unpaired) electrons. The van der Waals surface area contributed by atoms with Crippen LogP contribution < -0.4 is 0 Å². The van der Waals surface area contributed by atoms with Crippen molar-refractivity contribution < 1.29 is 28.7 Å². The van der Waals surface area contributed by atoms with Gasteiger partial charge in [-0.1, -0.05) is 42.1 Å². The van der Waals surface area contributed by atoms with Gasteiger partial charge in [0, 0.05) is 13.1 Å². The summed E-state index contributed by atoms with van der Waals surface area (Å²) in [4.78, 5) is 64.3. The Balaban J connectivity index is 1.64. The van der Waals surface area contributed by atoms with E-state index in [1.165, 1.54) is 29.8 Å². The van der Waals surface area contributed by atoms with Gasteiger partial charge in [-0.15, -0.1) is 0 Å². The van der Waals surface area contributed by atoms with Gasteiger partial charge in [0.2, 0.25) is 5.91 Å². The second-order valence-corrected chi connectivity index (χ2v) is 7.69. The molecule has 0 saturated carbocycles. The first kappa shape index (κ1) is 21.6. The van der Waals surface area contributed by atoms with Gasteiger partial charge in [-0.05, 0) is 18.9 Å². The van der Waals surface area contributed by atoms with Gasteiger partial charge < -0.3 is 9.64 Å². The molecule has 0 aromatic heterocycles. The highest BCUT2D eigenvalue weighted by Gasteiger charge is 2.46. The van der Waals surface area contributed by atoms with E-state index in [9.17, 15) is 24.0 Å². The van der Waals surface area contributed by atoms with Crippen LogP contribution in [0.3, 0.4) is 0 Å². The summed E-state index contributed by atoms with van der Waals surface area (Å²) >= 11 is 1.22. The van der Waals surface area contributed by atoms with Crippen molar-refractivity contribution in [3.63, 3.8) is 0 Å². The van der Waals surface area contributed by atoms with E-state index < -0.39 is 29.9 Å². The van der Waals surface area contributed by atoms with Crippen LogP contribution in [0.1, 0.15) is 24.9 Å². The van der Waals surface area contributed by atoms with Crippen LogP contribution in [-0.4, -0.2) is 70.4 Å². The fraction of sp³-hybridized carbons (Fsp3) is 0.350. The van der Waals surface area contributed by atoms with E-state index in [1.807, 2.05) is 6.07 Å². The lowest BCUT2D eigenvalue weighted by molar-refractivity contribution is -0.144. The first-order valence-corrected chi connectivity index (χ1v) is 10.3. The maximum Gasteiger partial charge on any atom is 0.334 e.